The van der Waals surface area contributed by atoms with Gasteiger partial charge in [0.1, 0.15) is 17.7 Å². The summed E-state index contributed by atoms with van der Waals surface area (Å²) in [7, 11) is 0. The summed E-state index contributed by atoms with van der Waals surface area (Å²) >= 11 is 0. The molecule has 7 heteroatoms. The van der Waals surface area contributed by atoms with Crippen molar-refractivity contribution in [3.8, 4) is 5.75 Å². The van der Waals surface area contributed by atoms with Crippen LogP contribution in [0.2, 0.25) is 0 Å². The van der Waals surface area contributed by atoms with Crippen LogP contribution in [0.3, 0.4) is 0 Å². The van der Waals surface area contributed by atoms with Gasteiger partial charge >= 0.3 is 0 Å². The van der Waals surface area contributed by atoms with Crippen molar-refractivity contribution >= 4 is 5.69 Å². The number of rotatable bonds is 4. The number of nitrogens with zero attached hydrogens (tertiary/aromatic N) is 1. The van der Waals surface area contributed by atoms with Gasteiger partial charge in [0, 0.05) is 25.1 Å². The van der Waals surface area contributed by atoms with E-state index in [-0.39, 0.29) is 30.2 Å². The third kappa shape index (κ3) is 2.93. The molecule has 0 unspecified atom stereocenters. The van der Waals surface area contributed by atoms with Crippen LogP contribution in [0.15, 0.2) is 18.2 Å². The SMILES string of the molecule is O=[N+]([O-])c1cc(F)cc(O[C@H]2CN[C@H](CO)C2)c1. The smallest absolute Gasteiger partial charge is 0.276 e. The Bertz CT molecular complexity index is 455. The minimum atomic E-state index is -0.705. The Kier molecular flexibility index (Phi) is 3.73. The molecule has 1 aromatic rings. The zero-order valence-electron chi connectivity index (χ0n) is 9.51. The molecule has 1 aliphatic heterocycles. The summed E-state index contributed by atoms with van der Waals surface area (Å²) in [4.78, 5) is 9.91. The number of ether oxygens (including phenoxy) is 1. The summed E-state index contributed by atoms with van der Waals surface area (Å²) in [5.41, 5.74) is -0.338. The molecular weight excluding hydrogens is 243 g/mol. The van der Waals surface area contributed by atoms with Crippen molar-refractivity contribution in [3.63, 3.8) is 0 Å². The normalized spacial score (nSPS) is 23.0. The van der Waals surface area contributed by atoms with Gasteiger partial charge in [-0.15, -0.1) is 0 Å². The average Bonchev–Trinajstić information content (AvgIpc) is 2.76. The third-order valence-electron chi connectivity index (χ3n) is 2.77. The van der Waals surface area contributed by atoms with Crippen molar-refractivity contribution in [1.29, 1.82) is 0 Å². The second-order valence-corrected chi connectivity index (χ2v) is 4.17. The van der Waals surface area contributed by atoms with E-state index >= 15 is 0 Å². The van der Waals surface area contributed by atoms with Crippen molar-refractivity contribution < 1.29 is 19.2 Å². The van der Waals surface area contributed by atoms with E-state index in [9.17, 15) is 14.5 Å². The van der Waals surface area contributed by atoms with Crippen molar-refractivity contribution in [3.05, 3.63) is 34.1 Å². The van der Waals surface area contributed by atoms with Gasteiger partial charge in [0.05, 0.1) is 23.7 Å². The van der Waals surface area contributed by atoms with Gasteiger partial charge in [-0.2, -0.15) is 0 Å². The predicted molar refractivity (Wildman–Crippen MR) is 61.0 cm³/mol. The van der Waals surface area contributed by atoms with E-state index in [1.807, 2.05) is 0 Å². The Labute approximate surface area is 103 Å². The molecule has 1 saturated heterocycles. The van der Waals surface area contributed by atoms with E-state index in [4.69, 9.17) is 9.84 Å². The van der Waals surface area contributed by atoms with Gasteiger partial charge in [-0.1, -0.05) is 0 Å². The van der Waals surface area contributed by atoms with Crippen LogP contribution in [0.5, 0.6) is 5.75 Å². The number of halogens is 1. The molecule has 0 radical (unpaired) electrons. The topological polar surface area (TPSA) is 84.6 Å². The quantitative estimate of drug-likeness (QED) is 0.616. The average molecular weight is 256 g/mol. The number of non-ortho nitro benzene ring substituents is 1. The molecule has 2 N–H and O–H groups in total. The number of nitro benzene ring substituents is 1. The minimum absolute atomic E-state index is 0.00313. The number of nitro groups is 1. The van der Waals surface area contributed by atoms with Crippen molar-refractivity contribution in [2.75, 3.05) is 13.2 Å². The molecule has 0 saturated carbocycles. The maximum Gasteiger partial charge on any atom is 0.276 e. The standard InChI is InChI=1S/C11H13FN2O4/c12-7-1-9(14(16)17)4-10(2-7)18-11-3-8(6-15)13-5-11/h1-2,4,8,11,13,15H,3,5-6H2/t8-,11+/m0/s1. The van der Waals surface area contributed by atoms with Gasteiger partial charge in [-0.25, -0.2) is 4.39 Å². The number of aliphatic hydroxyl groups excluding tert-OH is 1. The molecule has 0 aliphatic carbocycles. The maximum absolute atomic E-state index is 13.2. The molecule has 0 amide bonds. The fraction of sp³-hybridized carbons (Fsp3) is 0.455. The maximum atomic E-state index is 13.2. The minimum Gasteiger partial charge on any atom is -0.489 e. The second kappa shape index (κ2) is 5.28. The second-order valence-electron chi connectivity index (χ2n) is 4.17. The Morgan fingerprint density at radius 3 is 2.94 bits per heavy atom. The first-order chi connectivity index (χ1) is 8.58. The molecule has 1 heterocycles. The number of benzene rings is 1. The van der Waals surface area contributed by atoms with Crippen LogP contribution in [0.1, 0.15) is 6.42 Å². The van der Waals surface area contributed by atoms with Gasteiger partial charge in [0.2, 0.25) is 0 Å². The first-order valence-corrected chi connectivity index (χ1v) is 5.54. The van der Waals surface area contributed by atoms with Gasteiger partial charge in [0.15, 0.2) is 0 Å². The highest BCUT2D eigenvalue weighted by Crippen LogP contribution is 2.24. The van der Waals surface area contributed by atoms with Crippen molar-refractivity contribution in [2.24, 2.45) is 0 Å². The Hall–Kier alpha value is -1.73. The van der Waals surface area contributed by atoms with Crippen LogP contribution in [0.4, 0.5) is 10.1 Å². The summed E-state index contributed by atoms with van der Waals surface area (Å²) in [6, 6.07) is 3.10. The monoisotopic (exact) mass is 256 g/mol. The lowest BCUT2D eigenvalue weighted by atomic mass is 10.2. The molecule has 6 nitrogen and oxygen atoms in total. The Balaban J connectivity index is 2.07. The largest absolute Gasteiger partial charge is 0.489 e. The van der Waals surface area contributed by atoms with E-state index in [1.165, 1.54) is 6.07 Å². The van der Waals surface area contributed by atoms with Gasteiger partial charge in [-0.05, 0) is 0 Å². The van der Waals surface area contributed by atoms with Gasteiger partial charge in [0.25, 0.3) is 5.69 Å². The van der Waals surface area contributed by atoms with Crippen LogP contribution >= 0.6 is 0 Å². The molecule has 98 valence electrons. The molecule has 1 fully saturated rings. The molecular formula is C11H13FN2O4. The Morgan fingerprint density at radius 1 is 1.56 bits per heavy atom. The molecule has 2 rings (SSSR count). The summed E-state index contributed by atoms with van der Waals surface area (Å²) in [5.74, 6) is -0.573. The first-order valence-electron chi connectivity index (χ1n) is 5.54. The summed E-state index contributed by atoms with van der Waals surface area (Å²) in [6.07, 6.45) is 0.365. The lowest BCUT2D eigenvalue weighted by molar-refractivity contribution is -0.385. The van der Waals surface area contributed by atoms with Crippen molar-refractivity contribution in [2.45, 2.75) is 18.6 Å². The summed E-state index contributed by atoms with van der Waals surface area (Å²) in [5, 5.41) is 22.5. The van der Waals surface area contributed by atoms with Gasteiger partial charge in [-0.3, -0.25) is 10.1 Å². The highest BCUT2D eigenvalue weighted by Gasteiger charge is 2.25. The number of nitrogens with one attached hydrogen (secondary N) is 1. The fourth-order valence-electron chi connectivity index (χ4n) is 1.92. The summed E-state index contributed by atoms with van der Waals surface area (Å²) < 4.78 is 18.6. The van der Waals surface area contributed by atoms with Crippen molar-refractivity contribution in [1.82, 2.24) is 5.32 Å². The first kappa shape index (κ1) is 12.7. The zero-order chi connectivity index (χ0) is 13.1. The van der Waals surface area contributed by atoms with E-state index in [0.29, 0.717) is 13.0 Å². The van der Waals surface area contributed by atoms with Crippen LogP contribution in [-0.4, -0.2) is 35.3 Å². The lowest BCUT2D eigenvalue weighted by Gasteiger charge is -2.12. The zero-order valence-corrected chi connectivity index (χ0v) is 9.51. The molecule has 1 aliphatic rings. The van der Waals surface area contributed by atoms with E-state index in [2.05, 4.69) is 5.32 Å². The predicted octanol–water partition coefficient (Wildman–Crippen LogP) is 0.835. The third-order valence-corrected chi connectivity index (χ3v) is 2.77. The number of hydrogen-bond acceptors (Lipinski definition) is 5. The van der Waals surface area contributed by atoms with Crippen LogP contribution in [-0.2, 0) is 0 Å². The number of hydrogen-bond donors (Lipinski definition) is 2. The molecule has 1 aromatic carbocycles. The van der Waals surface area contributed by atoms with Gasteiger partial charge < -0.3 is 15.2 Å². The fourth-order valence-corrected chi connectivity index (χ4v) is 1.92. The van der Waals surface area contributed by atoms with Crippen LogP contribution in [0.25, 0.3) is 0 Å². The van der Waals surface area contributed by atoms with E-state index in [0.717, 1.165) is 12.1 Å². The summed E-state index contributed by atoms with van der Waals surface area (Å²) in [6.45, 7) is 0.526. The van der Waals surface area contributed by atoms with Crippen LogP contribution in [0, 0.1) is 15.9 Å². The Morgan fingerprint density at radius 2 is 2.33 bits per heavy atom. The molecule has 18 heavy (non-hydrogen) atoms. The highest BCUT2D eigenvalue weighted by molar-refractivity contribution is 5.39. The molecule has 0 aromatic heterocycles. The molecule has 2 atom stereocenters. The molecule has 0 bridgehead atoms. The lowest BCUT2D eigenvalue weighted by Crippen LogP contribution is -2.25. The number of aliphatic hydroxyl groups is 1. The highest BCUT2D eigenvalue weighted by atomic mass is 19.1. The van der Waals surface area contributed by atoms with E-state index in [1.54, 1.807) is 0 Å². The van der Waals surface area contributed by atoms with Crippen LogP contribution < -0.4 is 10.1 Å². The molecule has 0 spiro atoms. The van der Waals surface area contributed by atoms with E-state index < -0.39 is 10.7 Å².